The summed E-state index contributed by atoms with van der Waals surface area (Å²) in [6, 6.07) is 8.06. The molecule has 0 atom stereocenters. The largest absolute Gasteiger partial charge is 0.388 e. The first-order valence-corrected chi connectivity index (χ1v) is 7.62. The van der Waals surface area contributed by atoms with Crippen molar-refractivity contribution in [3.05, 3.63) is 35.4 Å². The molecule has 4 heteroatoms. The SMILES string of the molecule is CC(C)(C)c1ccc(CNC(=O)NCC2(O)CCC2)cc1. The summed E-state index contributed by atoms with van der Waals surface area (Å²) in [5.41, 5.74) is 1.82. The number of urea groups is 1. The maximum absolute atomic E-state index is 11.7. The third-order valence-electron chi connectivity index (χ3n) is 4.14. The Bertz CT molecular complexity index is 485. The lowest BCUT2D eigenvalue weighted by Crippen LogP contribution is -2.49. The van der Waals surface area contributed by atoms with Gasteiger partial charge in [-0.1, -0.05) is 45.0 Å². The fourth-order valence-corrected chi connectivity index (χ4v) is 2.37. The van der Waals surface area contributed by atoms with Gasteiger partial charge in [-0.2, -0.15) is 0 Å². The van der Waals surface area contributed by atoms with Gasteiger partial charge in [0.15, 0.2) is 0 Å². The van der Waals surface area contributed by atoms with E-state index in [0.29, 0.717) is 13.1 Å². The van der Waals surface area contributed by atoms with Crippen LogP contribution in [0.1, 0.15) is 51.2 Å². The molecule has 1 aromatic rings. The van der Waals surface area contributed by atoms with Gasteiger partial charge in [-0.05, 0) is 35.8 Å². The number of aliphatic hydroxyl groups is 1. The van der Waals surface area contributed by atoms with Crippen LogP contribution in [0, 0.1) is 0 Å². The first-order valence-electron chi connectivity index (χ1n) is 7.62. The molecule has 1 aliphatic carbocycles. The molecule has 0 saturated heterocycles. The van der Waals surface area contributed by atoms with E-state index in [1.807, 2.05) is 12.1 Å². The van der Waals surface area contributed by atoms with Gasteiger partial charge < -0.3 is 15.7 Å². The lowest BCUT2D eigenvalue weighted by Gasteiger charge is -2.36. The van der Waals surface area contributed by atoms with Crippen molar-refractivity contribution in [1.82, 2.24) is 10.6 Å². The average Bonchev–Trinajstić information content (AvgIpc) is 2.40. The standard InChI is InChI=1S/C17H26N2O2/c1-16(2,3)14-7-5-13(6-8-14)11-18-15(20)19-12-17(21)9-4-10-17/h5-8,21H,4,9-12H2,1-3H3,(H2,18,19,20). The number of nitrogens with one attached hydrogen (secondary N) is 2. The molecule has 4 nitrogen and oxygen atoms in total. The fourth-order valence-electron chi connectivity index (χ4n) is 2.37. The Balaban J connectivity index is 1.76. The molecule has 2 rings (SSSR count). The molecule has 0 aromatic heterocycles. The zero-order valence-electron chi connectivity index (χ0n) is 13.2. The van der Waals surface area contributed by atoms with Gasteiger partial charge in [-0.3, -0.25) is 0 Å². The zero-order chi connectivity index (χ0) is 15.5. The number of benzene rings is 1. The topological polar surface area (TPSA) is 61.4 Å². The Morgan fingerprint density at radius 3 is 2.29 bits per heavy atom. The molecule has 1 aromatic carbocycles. The number of amides is 2. The quantitative estimate of drug-likeness (QED) is 0.798. The van der Waals surface area contributed by atoms with Crippen LogP contribution in [0.4, 0.5) is 4.79 Å². The molecule has 2 amide bonds. The maximum Gasteiger partial charge on any atom is 0.315 e. The predicted octanol–water partition coefficient (Wildman–Crippen LogP) is 2.70. The van der Waals surface area contributed by atoms with Crippen molar-refractivity contribution < 1.29 is 9.90 Å². The summed E-state index contributed by atoms with van der Waals surface area (Å²) in [5, 5.41) is 15.5. The van der Waals surface area contributed by atoms with Gasteiger partial charge in [-0.25, -0.2) is 4.79 Å². The van der Waals surface area contributed by atoms with Crippen LogP contribution in [0.2, 0.25) is 0 Å². The second-order valence-corrected chi connectivity index (χ2v) is 7.06. The van der Waals surface area contributed by atoms with Crippen molar-refractivity contribution in [1.29, 1.82) is 0 Å². The van der Waals surface area contributed by atoms with Gasteiger partial charge in [0, 0.05) is 13.1 Å². The molecule has 0 aliphatic heterocycles. The monoisotopic (exact) mass is 290 g/mol. The molecule has 3 N–H and O–H groups in total. The van der Waals surface area contributed by atoms with Crippen LogP contribution in [-0.4, -0.2) is 23.3 Å². The summed E-state index contributed by atoms with van der Waals surface area (Å²) < 4.78 is 0. The van der Waals surface area contributed by atoms with Crippen LogP contribution < -0.4 is 10.6 Å². The number of carbonyl (C=O) groups is 1. The highest BCUT2D eigenvalue weighted by atomic mass is 16.3. The highest BCUT2D eigenvalue weighted by Crippen LogP contribution is 2.30. The van der Waals surface area contributed by atoms with Gasteiger partial charge in [-0.15, -0.1) is 0 Å². The Morgan fingerprint density at radius 2 is 1.81 bits per heavy atom. The highest BCUT2D eigenvalue weighted by molar-refractivity contribution is 5.73. The lowest BCUT2D eigenvalue weighted by molar-refractivity contribution is -0.0290. The molecule has 1 fully saturated rings. The first kappa shape index (κ1) is 15.8. The van der Waals surface area contributed by atoms with E-state index in [0.717, 1.165) is 24.8 Å². The van der Waals surface area contributed by atoms with E-state index in [1.54, 1.807) is 0 Å². The van der Waals surface area contributed by atoms with Gasteiger partial charge >= 0.3 is 6.03 Å². The summed E-state index contributed by atoms with van der Waals surface area (Å²) in [6.07, 6.45) is 2.60. The minimum absolute atomic E-state index is 0.140. The summed E-state index contributed by atoms with van der Waals surface area (Å²) in [5.74, 6) is 0. The zero-order valence-corrected chi connectivity index (χ0v) is 13.2. The second kappa shape index (κ2) is 6.06. The predicted molar refractivity (Wildman–Crippen MR) is 84.2 cm³/mol. The number of carbonyl (C=O) groups excluding carboxylic acids is 1. The molecule has 116 valence electrons. The summed E-state index contributed by atoms with van der Waals surface area (Å²) in [6.45, 7) is 7.37. The summed E-state index contributed by atoms with van der Waals surface area (Å²) in [4.78, 5) is 11.7. The average molecular weight is 290 g/mol. The van der Waals surface area contributed by atoms with E-state index in [2.05, 4.69) is 43.5 Å². The van der Waals surface area contributed by atoms with Crippen molar-refractivity contribution >= 4 is 6.03 Å². The molecule has 1 aliphatic rings. The second-order valence-electron chi connectivity index (χ2n) is 7.06. The van der Waals surface area contributed by atoms with Crippen LogP contribution >= 0.6 is 0 Å². The van der Waals surface area contributed by atoms with Crippen LogP contribution in [0.3, 0.4) is 0 Å². The van der Waals surface area contributed by atoms with Crippen molar-refractivity contribution in [2.75, 3.05) is 6.54 Å². The smallest absolute Gasteiger partial charge is 0.315 e. The molecular weight excluding hydrogens is 264 g/mol. The van der Waals surface area contributed by atoms with Gasteiger partial charge in [0.05, 0.1) is 5.60 Å². The van der Waals surface area contributed by atoms with E-state index in [9.17, 15) is 9.90 Å². The third kappa shape index (κ3) is 4.46. The van der Waals surface area contributed by atoms with Crippen molar-refractivity contribution in [3.8, 4) is 0 Å². The first-order chi connectivity index (χ1) is 9.78. The fraction of sp³-hybridized carbons (Fsp3) is 0.588. The molecule has 0 radical (unpaired) electrons. The number of hydrogen-bond acceptors (Lipinski definition) is 2. The summed E-state index contributed by atoms with van der Waals surface area (Å²) in [7, 11) is 0. The Kier molecular flexibility index (Phi) is 4.57. The van der Waals surface area contributed by atoms with E-state index in [1.165, 1.54) is 5.56 Å². The summed E-state index contributed by atoms with van der Waals surface area (Å²) >= 11 is 0. The van der Waals surface area contributed by atoms with E-state index < -0.39 is 5.60 Å². The number of rotatable bonds is 4. The van der Waals surface area contributed by atoms with Crippen LogP contribution in [0.5, 0.6) is 0 Å². The van der Waals surface area contributed by atoms with Crippen LogP contribution in [0.25, 0.3) is 0 Å². The van der Waals surface area contributed by atoms with Crippen LogP contribution in [-0.2, 0) is 12.0 Å². The lowest BCUT2D eigenvalue weighted by atomic mass is 9.80. The van der Waals surface area contributed by atoms with Crippen LogP contribution in [0.15, 0.2) is 24.3 Å². The Morgan fingerprint density at radius 1 is 1.19 bits per heavy atom. The van der Waals surface area contributed by atoms with E-state index >= 15 is 0 Å². The van der Waals surface area contributed by atoms with Crippen molar-refractivity contribution in [2.24, 2.45) is 0 Å². The maximum atomic E-state index is 11.7. The molecule has 0 unspecified atom stereocenters. The normalized spacial score (nSPS) is 17.0. The Hall–Kier alpha value is -1.55. The third-order valence-corrected chi connectivity index (χ3v) is 4.14. The molecule has 0 bridgehead atoms. The highest BCUT2D eigenvalue weighted by Gasteiger charge is 2.34. The van der Waals surface area contributed by atoms with Gasteiger partial charge in [0.1, 0.15) is 0 Å². The number of hydrogen-bond donors (Lipinski definition) is 3. The van der Waals surface area contributed by atoms with E-state index in [-0.39, 0.29) is 11.4 Å². The van der Waals surface area contributed by atoms with Crippen molar-refractivity contribution in [3.63, 3.8) is 0 Å². The molecule has 0 heterocycles. The van der Waals surface area contributed by atoms with Crippen molar-refractivity contribution in [2.45, 2.75) is 57.6 Å². The molecule has 1 saturated carbocycles. The molecular formula is C17H26N2O2. The Labute approximate surface area is 126 Å². The van der Waals surface area contributed by atoms with Gasteiger partial charge in [0.25, 0.3) is 0 Å². The van der Waals surface area contributed by atoms with Gasteiger partial charge in [0.2, 0.25) is 0 Å². The molecule has 0 spiro atoms. The van der Waals surface area contributed by atoms with E-state index in [4.69, 9.17) is 0 Å². The minimum atomic E-state index is -0.675. The molecule has 21 heavy (non-hydrogen) atoms. The minimum Gasteiger partial charge on any atom is -0.388 e.